The quantitative estimate of drug-likeness (QED) is 0.179. The Kier molecular flexibility index (Phi) is 7.33. The molecule has 13 rings (SSSR count). The second-order valence-electron chi connectivity index (χ2n) is 16.2. The van der Waals surface area contributed by atoms with E-state index in [4.69, 9.17) is 14.4 Å². The lowest BCUT2D eigenvalue weighted by Crippen LogP contribution is -2.05. The summed E-state index contributed by atoms with van der Waals surface area (Å²) in [7, 11) is 0. The molecule has 0 aliphatic carbocycles. The van der Waals surface area contributed by atoms with Gasteiger partial charge in [-0.3, -0.25) is 0 Å². The van der Waals surface area contributed by atoms with Crippen LogP contribution in [0.3, 0.4) is 0 Å². The molecule has 1 aliphatic rings. The molecule has 0 amide bonds. The molecule has 61 heavy (non-hydrogen) atoms. The minimum absolute atomic E-state index is 0.678. The number of para-hydroxylation sites is 2. The number of fused-ring (bicyclic) bond motifs is 12. The van der Waals surface area contributed by atoms with Crippen molar-refractivity contribution in [2.75, 3.05) is 0 Å². The molecular weight excluding hydrogens is 743 g/mol. The van der Waals surface area contributed by atoms with Gasteiger partial charge in [0.15, 0.2) is 5.82 Å². The largest absolute Gasteiger partial charge is 0.456 e. The highest BCUT2D eigenvalue weighted by molar-refractivity contribution is 6.12. The first kappa shape index (κ1) is 33.8. The van der Waals surface area contributed by atoms with Crippen LogP contribution in [-0.4, -0.2) is 14.5 Å². The molecule has 284 valence electrons. The summed E-state index contributed by atoms with van der Waals surface area (Å²) in [5.74, 6) is 0.709. The van der Waals surface area contributed by atoms with Gasteiger partial charge in [0, 0.05) is 50.2 Å². The second kappa shape index (κ2) is 13.2. The summed E-state index contributed by atoms with van der Waals surface area (Å²) in [5, 5.41) is 7.05. The highest BCUT2D eigenvalue weighted by Gasteiger charge is 2.25. The Morgan fingerprint density at radius 2 is 1.07 bits per heavy atom. The van der Waals surface area contributed by atoms with Crippen LogP contribution < -0.4 is 0 Å². The molecule has 0 unspecified atom stereocenters. The third kappa shape index (κ3) is 5.39. The van der Waals surface area contributed by atoms with E-state index in [1.165, 1.54) is 38.4 Å². The van der Waals surface area contributed by atoms with Crippen LogP contribution in [-0.2, 0) is 6.42 Å². The number of furan rings is 1. The van der Waals surface area contributed by atoms with Gasteiger partial charge >= 0.3 is 0 Å². The summed E-state index contributed by atoms with van der Waals surface area (Å²) in [6, 6.07) is 71.9. The fourth-order valence-corrected chi connectivity index (χ4v) is 9.62. The summed E-state index contributed by atoms with van der Waals surface area (Å²) in [6.45, 7) is 0. The topological polar surface area (TPSA) is 43.9 Å². The van der Waals surface area contributed by atoms with Crippen molar-refractivity contribution in [1.29, 1.82) is 0 Å². The summed E-state index contributed by atoms with van der Waals surface area (Å²) in [5.41, 5.74) is 17.2. The summed E-state index contributed by atoms with van der Waals surface area (Å²) in [6.07, 6.45) is 0.678. The van der Waals surface area contributed by atoms with E-state index in [0.717, 1.165) is 83.3 Å². The van der Waals surface area contributed by atoms with Gasteiger partial charge in [0.25, 0.3) is 0 Å². The summed E-state index contributed by atoms with van der Waals surface area (Å²) < 4.78 is 8.75. The number of hydrogen-bond acceptors (Lipinski definition) is 3. The van der Waals surface area contributed by atoms with Crippen molar-refractivity contribution in [3.63, 3.8) is 0 Å². The summed E-state index contributed by atoms with van der Waals surface area (Å²) >= 11 is 0. The molecule has 9 aromatic carbocycles. The van der Waals surface area contributed by atoms with Crippen LogP contribution in [0.5, 0.6) is 0 Å². The van der Waals surface area contributed by atoms with Crippen molar-refractivity contribution in [2.45, 2.75) is 6.42 Å². The van der Waals surface area contributed by atoms with Crippen LogP contribution in [0.4, 0.5) is 0 Å². The molecule has 4 heteroatoms. The van der Waals surface area contributed by atoms with Crippen molar-refractivity contribution in [2.24, 2.45) is 0 Å². The molecule has 1 aliphatic heterocycles. The number of nitrogens with zero attached hydrogens (tertiary/aromatic N) is 3. The van der Waals surface area contributed by atoms with Gasteiger partial charge in [0.05, 0.1) is 28.1 Å². The lowest BCUT2D eigenvalue weighted by atomic mass is 9.93. The normalized spacial score (nSPS) is 12.2. The SMILES string of the molecule is c1ccc(-c2ccc(-c3nc(-c4ccc5ccccc5c4)nc4c3Cc3ccc5c6cc(-c7ccc8c(c7)oc7ccccc78)ccc6n(c5c3)-c3ccccc3-4)cc2)cc1. The Morgan fingerprint density at radius 3 is 1.98 bits per heavy atom. The molecule has 0 N–H and O–H groups in total. The number of rotatable bonds is 4. The third-order valence-electron chi connectivity index (χ3n) is 12.6. The van der Waals surface area contributed by atoms with E-state index >= 15 is 0 Å². The van der Waals surface area contributed by atoms with Gasteiger partial charge in [-0.15, -0.1) is 0 Å². The zero-order chi connectivity index (χ0) is 40.0. The lowest BCUT2D eigenvalue weighted by Gasteiger charge is -2.19. The van der Waals surface area contributed by atoms with E-state index in [9.17, 15) is 0 Å². The van der Waals surface area contributed by atoms with Crippen LogP contribution in [0.1, 0.15) is 11.1 Å². The first-order chi connectivity index (χ1) is 30.2. The Hall–Kier alpha value is -8.08. The van der Waals surface area contributed by atoms with Crippen LogP contribution in [0, 0.1) is 0 Å². The van der Waals surface area contributed by atoms with Crippen LogP contribution in [0.15, 0.2) is 205 Å². The minimum Gasteiger partial charge on any atom is -0.456 e. The Bertz CT molecular complexity index is 3730. The number of benzene rings is 9. The van der Waals surface area contributed by atoms with E-state index in [2.05, 4.69) is 193 Å². The van der Waals surface area contributed by atoms with E-state index < -0.39 is 0 Å². The fraction of sp³-hybridized carbons (Fsp3) is 0.0175. The predicted octanol–water partition coefficient (Wildman–Crippen LogP) is 14.9. The molecule has 0 saturated heterocycles. The highest BCUT2D eigenvalue weighted by atomic mass is 16.3. The summed E-state index contributed by atoms with van der Waals surface area (Å²) in [4.78, 5) is 11.0. The Balaban J connectivity index is 1.02. The van der Waals surface area contributed by atoms with E-state index in [1.807, 2.05) is 12.1 Å². The zero-order valence-electron chi connectivity index (χ0n) is 33.0. The molecule has 0 fully saturated rings. The first-order valence-electron chi connectivity index (χ1n) is 20.8. The van der Waals surface area contributed by atoms with Crippen molar-refractivity contribution in [1.82, 2.24) is 14.5 Å². The maximum atomic E-state index is 6.31. The van der Waals surface area contributed by atoms with Crippen LogP contribution >= 0.6 is 0 Å². The van der Waals surface area contributed by atoms with Crippen molar-refractivity contribution in [3.8, 4) is 61.8 Å². The molecule has 0 saturated carbocycles. The standard InChI is InChI=1S/C57H35N3O/c1-2-10-36(11-3-1)38-19-22-39(23-20-38)55-49-30-35-18-27-44-48-33-41(42-25-28-46-45-14-7-9-17-53(45)61-54(46)34-42)26-29-51(48)60(52(44)31-35)50-16-8-6-15-47(50)56(49)59-57(58-55)43-24-21-37-12-4-5-13-40(37)32-43/h1-29,31-34H,30H2. The molecule has 4 nitrogen and oxygen atoms in total. The zero-order valence-corrected chi connectivity index (χ0v) is 33.0. The van der Waals surface area contributed by atoms with Gasteiger partial charge in [-0.2, -0.15) is 0 Å². The van der Waals surface area contributed by atoms with Gasteiger partial charge in [-0.1, -0.05) is 152 Å². The average molecular weight is 778 g/mol. The Labute approximate surface area is 351 Å². The molecule has 0 atom stereocenters. The average Bonchev–Trinajstić information content (AvgIpc) is 3.87. The smallest absolute Gasteiger partial charge is 0.160 e. The molecule has 12 aromatic rings. The fourth-order valence-electron chi connectivity index (χ4n) is 9.62. The number of aromatic nitrogens is 3. The van der Waals surface area contributed by atoms with Gasteiger partial charge in [0.2, 0.25) is 0 Å². The molecule has 0 spiro atoms. The highest BCUT2D eigenvalue weighted by Crippen LogP contribution is 2.43. The van der Waals surface area contributed by atoms with Crippen LogP contribution in [0.25, 0.3) is 116 Å². The molecule has 0 radical (unpaired) electrons. The van der Waals surface area contributed by atoms with Crippen molar-refractivity contribution < 1.29 is 4.42 Å². The van der Waals surface area contributed by atoms with E-state index in [-0.39, 0.29) is 0 Å². The third-order valence-corrected chi connectivity index (χ3v) is 12.6. The van der Waals surface area contributed by atoms with Crippen LogP contribution in [0.2, 0.25) is 0 Å². The number of hydrogen-bond donors (Lipinski definition) is 0. The maximum Gasteiger partial charge on any atom is 0.160 e. The van der Waals surface area contributed by atoms with E-state index in [0.29, 0.717) is 12.2 Å². The van der Waals surface area contributed by atoms with Gasteiger partial charge in [0.1, 0.15) is 11.2 Å². The molecule has 4 heterocycles. The van der Waals surface area contributed by atoms with Gasteiger partial charge < -0.3 is 8.98 Å². The lowest BCUT2D eigenvalue weighted by molar-refractivity contribution is 0.669. The first-order valence-corrected chi connectivity index (χ1v) is 20.8. The van der Waals surface area contributed by atoms with Gasteiger partial charge in [-0.25, -0.2) is 9.97 Å². The molecular formula is C57H35N3O. The molecule has 3 aromatic heterocycles. The Morgan fingerprint density at radius 1 is 0.393 bits per heavy atom. The minimum atomic E-state index is 0.678. The van der Waals surface area contributed by atoms with E-state index in [1.54, 1.807) is 0 Å². The monoisotopic (exact) mass is 777 g/mol. The maximum absolute atomic E-state index is 6.31. The van der Waals surface area contributed by atoms with Gasteiger partial charge in [-0.05, 0) is 87.1 Å². The second-order valence-corrected chi connectivity index (χ2v) is 16.2. The van der Waals surface area contributed by atoms with Crippen molar-refractivity contribution in [3.05, 3.63) is 211 Å². The van der Waals surface area contributed by atoms with Crippen molar-refractivity contribution >= 4 is 54.5 Å². The molecule has 2 bridgehead atoms. The predicted molar refractivity (Wildman–Crippen MR) is 251 cm³/mol.